The molecule has 0 aliphatic heterocycles. The van der Waals surface area contributed by atoms with Crippen LogP contribution in [0.15, 0.2) is 36.5 Å². The number of aromatic nitrogens is 1. The lowest BCUT2D eigenvalue weighted by molar-refractivity contribution is 0.415. The minimum absolute atomic E-state index is 0.316. The van der Waals surface area contributed by atoms with Crippen LogP contribution in [-0.2, 0) is 0 Å². The van der Waals surface area contributed by atoms with Crippen LogP contribution in [-0.4, -0.2) is 12.1 Å². The molecule has 0 radical (unpaired) electrons. The fourth-order valence-electron chi connectivity index (χ4n) is 1.47. The molecule has 90 valence electrons. The van der Waals surface area contributed by atoms with Gasteiger partial charge in [0.15, 0.2) is 5.69 Å². The Bertz CT molecular complexity index is 607. The number of benzene rings is 1. The molecule has 0 atom stereocenters. The van der Waals surface area contributed by atoms with Crippen molar-refractivity contribution in [2.24, 2.45) is 0 Å². The standard InChI is InChI=1S/C13H10ClN3O/c1-18-9-4-5-10(14)12(7-9)17-11-3-2-6-16-13(11)8-15/h2-7,17H,1H3. The van der Waals surface area contributed by atoms with Crippen molar-refractivity contribution in [2.75, 3.05) is 12.4 Å². The number of halogens is 1. The number of nitrogens with one attached hydrogen (secondary N) is 1. The third-order valence-electron chi connectivity index (χ3n) is 2.36. The second kappa shape index (κ2) is 5.39. The van der Waals surface area contributed by atoms with Crippen LogP contribution in [0.3, 0.4) is 0 Å². The third-order valence-corrected chi connectivity index (χ3v) is 2.69. The summed E-state index contributed by atoms with van der Waals surface area (Å²) in [5.74, 6) is 0.685. The number of methoxy groups -OCH3 is 1. The molecule has 2 aromatic rings. The van der Waals surface area contributed by atoms with Crippen LogP contribution in [0, 0.1) is 11.3 Å². The highest BCUT2D eigenvalue weighted by molar-refractivity contribution is 6.33. The first-order chi connectivity index (χ1) is 8.74. The van der Waals surface area contributed by atoms with Gasteiger partial charge in [0.2, 0.25) is 0 Å². The molecule has 0 fully saturated rings. The molecular weight excluding hydrogens is 250 g/mol. The summed E-state index contributed by atoms with van der Waals surface area (Å²) in [7, 11) is 1.58. The van der Waals surface area contributed by atoms with Gasteiger partial charge in [0.05, 0.1) is 23.5 Å². The summed E-state index contributed by atoms with van der Waals surface area (Å²) in [6, 6.07) is 10.8. The molecule has 0 aliphatic rings. The maximum Gasteiger partial charge on any atom is 0.163 e. The number of hydrogen-bond acceptors (Lipinski definition) is 4. The highest BCUT2D eigenvalue weighted by atomic mass is 35.5. The number of anilines is 2. The first-order valence-electron chi connectivity index (χ1n) is 5.20. The Kier molecular flexibility index (Phi) is 3.66. The smallest absolute Gasteiger partial charge is 0.163 e. The van der Waals surface area contributed by atoms with Crippen molar-refractivity contribution in [2.45, 2.75) is 0 Å². The topological polar surface area (TPSA) is 57.9 Å². The SMILES string of the molecule is COc1ccc(Cl)c(Nc2cccnc2C#N)c1. The first-order valence-corrected chi connectivity index (χ1v) is 5.58. The van der Waals surface area contributed by atoms with E-state index in [-0.39, 0.29) is 0 Å². The van der Waals surface area contributed by atoms with Gasteiger partial charge in [-0.2, -0.15) is 5.26 Å². The first kappa shape index (κ1) is 12.2. The molecule has 1 heterocycles. The molecule has 5 heteroatoms. The van der Waals surface area contributed by atoms with Crippen molar-refractivity contribution in [3.8, 4) is 11.8 Å². The number of pyridine rings is 1. The van der Waals surface area contributed by atoms with Gasteiger partial charge in [0.1, 0.15) is 11.8 Å². The van der Waals surface area contributed by atoms with Crippen molar-refractivity contribution in [3.05, 3.63) is 47.2 Å². The van der Waals surface area contributed by atoms with Crippen LogP contribution in [0.1, 0.15) is 5.69 Å². The monoisotopic (exact) mass is 259 g/mol. The van der Waals surface area contributed by atoms with Gasteiger partial charge in [-0.05, 0) is 24.3 Å². The second-order valence-electron chi connectivity index (χ2n) is 3.48. The molecule has 0 spiro atoms. The summed E-state index contributed by atoms with van der Waals surface area (Å²) >= 11 is 6.08. The number of rotatable bonds is 3. The fourth-order valence-corrected chi connectivity index (χ4v) is 1.63. The van der Waals surface area contributed by atoms with Gasteiger partial charge >= 0.3 is 0 Å². The summed E-state index contributed by atoms with van der Waals surface area (Å²) in [4.78, 5) is 3.97. The molecule has 2 rings (SSSR count). The van der Waals surface area contributed by atoms with E-state index in [0.29, 0.717) is 27.8 Å². The summed E-state index contributed by atoms with van der Waals surface area (Å²) < 4.78 is 5.12. The maximum atomic E-state index is 8.96. The van der Waals surface area contributed by atoms with E-state index in [1.165, 1.54) is 0 Å². The Morgan fingerprint density at radius 2 is 2.17 bits per heavy atom. The zero-order valence-electron chi connectivity index (χ0n) is 9.64. The molecule has 18 heavy (non-hydrogen) atoms. The Hall–Kier alpha value is -2.25. The summed E-state index contributed by atoms with van der Waals surface area (Å²) in [6.45, 7) is 0. The lowest BCUT2D eigenvalue weighted by atomic mass is 10.2. The summed E-state index contributed by atoms with van der Waals surface area (Å²) in [5, 5.41) is 12.6. The van der Waals surface area contributed by atoms with Gasteiger partial charge in [-0.25, -0.2) is 4.98 Å². The van der Waals surface area contributed by atoms with Gasteiger partial charge in [0, 0.05) is 12.3 Å². The van der Waals surface area contributed by atoms with Crippen LogP contribution < -0.4 is 10.1 Å². The quantitative estimate of drug-likeness (QED) is 0.918. The van der Waals surface area contributed by atoms with Crippen molar-refractivity contribution in [3.63, 3.8) is 0 Å². The molecular formula is C13H10ClN3O. The summed E-state index contributed by atoms with van der Waals surface area (Å²) in [5.41, 5.74) is 1.59. The van der Waals surface area contributed by atoms with Gasteiger partial charge in [-0.3, -0.25) is 0 Å². The highest BCUT2D eigenvalue weighted by Crippen LogP contribution is 2.30. The minimum Gasteiger partial charge on any atom is -0.497 e. The van der Waals surface area contributed by atoms with Crippen molar-refractivity contribution in [1.29, 1.82) is 5.26 Å². The molecule has 1 aromatic carbocycles. The number of ether oxygens (including phenoxy) is 1. The number of hydrogen-bond donors (Lipinski definition) is 1. The Balaban J connectivity index is 2.37. The van der Waals surface area contributed by atoms with E-state index in [1.807, 2.05) is 6.07 Å². The van der Waals surface area contributed by atoms with Crippen molar-refractivity contribution >= 4 is 23.0 Å². The van der Waals surface area contributed by atoms with Crippen LogP contribution in [0.25, 0.3) is 0 Å². The zero-order chi connectivity index (χ0) is 13.0. The van der Waals surface area contributed by atoms with E-state index in [0.717, 1.165) is 0 Å². The minimum atomic E-state index is 0.316. The van der Waals surface area contributed by atoms with Gasteiger partial charge in [0.25, 0.3) is 0 Å². The van der Waals surface area contributed by atoms with Crippen molar-refractivity contribution < 1.29 is 4.74 Å². The zero-order valence-corrected chi connectivity index (χ0v) is 10.4. The average molecular weight is 260 g/mol. The largest absolute Gasteiger partial charge is 0.497 e. The van der Waals surface area contributed by atoms with Gasteiger partial charge < -0.3 is 10.1 Å². The average Bonchev–Trinajstić information content (AvgIpc) is 2.42. The maximum absolute atomic E-state index is 8.96. The molecule has 0 aliphatic carbocycles. The predicted octanol–water partition coefficient (Wildman–Crippen LogP) is 3.36. The molecule has 0 unspecified atom stereocenters. The van der Waals surface area contributed by atoms with Crippen molar-refractivity contribution in [1.82, 2.24) is 4.98 Å². The van der Waals surface area contributed by atoms with E-state index in [4.69, 9.17) is 21.6 Å². The normalized spacial score (nSPS) is 9.61. The molecule has 0 bridgehead atoms. The van der Waals surface area contributed by atoms with E-state index in [1.54, 1.807) is 43.6 Å². The van der Waals surface area contributed by atoms with Crippen LogP contribution in [0.5, 0.6) is 5.75 Å². The predicted molar refractivity (Wildman–Crippen MR) is 70.2 cm³/mol. The Morgan fingerprint density at radius 3 is 2.89 bits per heavy atom. The third kappa shape index (κ3) is 2.53. The number of nitrogens with zero attached hydrogens (tertiary/aromatic N) is 2. The van der Waals surface area contributed by atoms with Crippen LogP contribution in [0.4, 0.5) is 11.4 Å². The lowest BCUT2D eigenvalue weighted by Gasteiger charge is -2.10. The molecule has 0 saturated heterocycles. The van der Waals surface area contributed by atoms with Crippen LogP contribution >= 0.6 is 11.6 Å². The molecule has 4 nitrogen and oxygen atoms in total. The Morgan fingerprint density at radius 1 is 1.33 bits per heavy atom. The highest BCUT2D eigenvalue weighted by Gasteiger charge is 2.06. The Labute approximate surface area is 110 Å². The molecule has 1 N–H and O–H groups in total. The van der Waals surface area contributed by atoms with E-state index in [9.17, 15) is 0 Å². The molecule has 0 amide bonds. The lowest BCUT2D eigenvalue weighted by Crippen LogP contribution is -1.96. The second-order valence-corrected chi connectivity index (χ2v) is 3.89. The van der Waals surface area contributed by atoms with Crippen LogP contribution in [0.2, 0.25) is 5.02 Å². The molecule has 0 saturated carbocycles. The van der Waals surface area contributed by atoms with E-state index >= 15 is 0 Å². The fraction of sp³-hybridized carbons (Fsp3) is 0.0769. The number of nitriles is 1. The van der Waals surface area contributed by atoms with Gasteiger partial charge in [-0.15, -0.1) is 0 Å². The van der Waals surface area contributed by atoms with E-state index < -0.39 is 0 Å². The van der Waals surface area contributed by atoms with Gasteiger partial charge in [-0.1, -0.05) is 11.6 Å². The van der Waals surface area contributed by atoms with E-state index in [2.05, 4.69) is 10.3 Å². The molecule has 1 aromatic heterocycles. The summed E-state index contributed by atoms with van der Waals surface area (Å²) in [6.07, 6.45) is 1.57.